The zero-order chi connectivity index (χ0) is 30.1. The topological polar surface area (TPSA) is 86.8 Å². The van der Waals surface area contributed by atoms with E-state index in [1.807, 2.05) is 61.5 Å². The molecule has 0 radical (unpaired) electrons. The van der Waals surface area contributed by atoms with Gasteiger partial charge in [-0.2, -0.15) is 0 Å². The van der Waals surface area contributed by atoms with Crippen LogP contribution in [-0.4, -0.2) is 50.0 Å². The number of anilines is 1. The first-order valence-electron chi connectivity index (χ1n) is 14.5. The van der Waals surface area contributed by atoms with Crippen LogP contribution < -0.4 is 9.62 Å². The first-order chi connectivity index (χ1) is 20.1. The minimum Gasteiger partial charge on any atom is -0.352 e. The summed E-state index contributed by atoms with van der Waals surface area (Å²) < 4.78 is 26.6. The fourth-order valence-corrected chi connectivity index (χ4v) is 6.51. The van der Waals surface area contributed by atoms with Crippen LogP contribution in [0.25, 0.3) is 0 Å². The third-order valence-electron chi connectivity index (χ3n) is 7.71. The molecule has 1 aliphatic carbocycles. The minimum absolute atomic E-state index is 0.0907. The second kappa shape index (κ2) is 14.7. The number of rotatable bonds is 13. The Labute approximate surface area is 254 Å². The van der Waals surface area contributed by atoms with E-state index in [1.54, 1.807) is 29.2 Å². The molecule has 4 rings (SSSR count). The van der Waals surface area contributed by atoms with Crippen LogP contribution in [0.2, 0.25) is 5.02 Å². The lowest BCUT2D eigenvalue weighted by Crippen LogP contribution is -2.52. The van der Waals surface area contributed by atoms with Gasteiger partial charge in [-0.15, -0.1) is 0 Å². The zero-order valence-corrected chi connectivity index (χ0v) is 25.9. The Balaban J connectivity index is 1.57. The van der Waals surface area contributed by atoms with Gasteiger partial charge in [0.1, 0.15) is 6.04 Å². The highest BCUT2D eigenvalue weighted by atomic mass is 35.5. The molecule has 0 aromatic heterocycles. The van der Waals surface area contributed by atoms with E-state index in [2.05, 4.69) is 5.32 Å². The summed E-state index contributed by atoms with van der Waals surface area (Å²) in [4.78, 5) is 29.4. The summed E-state index contributed by atoms with van der Waals surface area (Å²) >= 11 is 6.12. The van der Waals surface area contributed by atoms with Crippen LogP contribution in [0.1, 0.15) is 55.2 Å². The molecule has 1 atom stereocenters. The molecule has 42 heavy (non-hydrogen) atoms. The number of carbonyl (C=O) groups is 2. The molecule has 3 aromatic rings. The van der Waals surface area contributed by atoms with Gasteiger partial charge in [0.15, 0.2) is 0 Å². The van der Waals surface area contributed by atoms with Gasteiger partial charge in [0, 0.05) is 37.0 Å². The third kappa shape index (κ3) is 9.07. The van der Waals surface area contributed by atoms with Gasteiger partial charge >= 0.3 is 0 Å². The summed E-state index contributed by atoms with van der Waals surface area (Å²) in [7, 11) is -3.55. The molecule has 2 amide bonds. The lowest BCUT2D eigenvalue weighted by Gasteiger charge is -2.33. The van der Waals surface area contributed by atoms with E-state index in [0.717, 1.165) is 42.4 Å². The number of halogens is 1. The van der Waals surface area contributed by atoms with Gasteiger partial charge in [-0.3, -0.25) is 13.9 Å². The fraction of sp³-hybridized carbons (Fsp3) is 0.394. The molecule has 1 fully saturated rings. The van der Waals surface area contributed by atoms with Crippen molar-refractivity contribution >= 4 is 39.1 Å². The highest BCUT2D eigenvalue weighted by molar-refractivity contribution is 7.92. The number of carbonyl (C=O) groups excluding carboxylic acids is 2. The predicted octanol–water partition coefficient (Wildman–Crippen LogP) is 5.89. The zero-order valence-electron chi connectivity index (χ0n) is 24.3. The number of hydrogen-bond donors (Lipinski definition) is 1. The summed E-state index contributed by atoms with van der Waals surface area (Å²) in [5, 5.41) is 3.80. The third-order valence-corrected chi connectivity index (χ3v) is 9.16. The molecule has 1 N–H and O–H groups in total. The van der Waals surface area contributed by atoms with Crippen LogP contribution in [0.3, 0.4) is 0 Å². The predicted molar refractivity (Wildman–Crippen MR) is 169 cm³/mol. The maximum atomic E-state index is 14.0. The molecule has 1 aliphatic rings. The lowest BCUT2D eigenvalue weighted by molar-refractivity contribution is -0.141. The fourth-order valence-electron chi connectivity index (χ4n) is 5.42. The van der Waals surface area contributed by atoms with Gasteiger partial charge in [0.2, 0.25) is 21.8 Å². The number of hydrogen-bond acceptors (Lipinski definition) is 4. The molecule has 0 unspecified atom stereocenters. The average molecular weight is 610 g/mol. The number of nitrogens with one attached hydrogen (secondary N) is 1. The van der Waals surface area contributed by atoms with E-state index in [9.17, 15) is 18.0 Å². The summed E-state index contributed by atoms with van der Waals surface area (Å²) in [6.45, 7) is 2.33. The lowest BCUT2D eigenvalue weighted by atomic mass is 10.0. The monoisotopic (exact) mass is 609 g/mol. The molecular formula is C33H40ClN3O4S. The Hall–Kier alpha value is -3.36. The Morgan fingerprint density at radius 2 is 1.57 bits per heavy atom. The standard InChI is InChI=1S/C33H40ClN3O4S/c1-25-14-20-30(21-15-25)37(42(2,40)41)22-8-13-32(38)36(24-27-16-18-28(34)19-17-27)31(23-26-9-4-3-5-10-26)33(39)35-29-11-6-7-12-29/h3-5,9-10,14-21,29,31H,6-8,11-13,22-24H2,1-2H3,(H,35,39)/t31-/m0/s1. The number of nitrogens with zero attached hydrogens (tertiary/aromatic N) is 2. The maximum Gasteiger partial charge on any atom is 0.243 e. The molecule has 9 heteroatoms. The van der Waals surface area contributed by atoms with E-state index in [1.165, 1.54) is 10.6 Å². The van der Waals surface area contributed by atoms with Gasteiger partial charge in [-0.05, 0) is 61.6 Å². The molecule has 0 heterocycles. The van der Waals surface area contributed by atoms with Gasteiger partial charge in [-0.1, -0.05) is 84.6 Å². The van der Waals surface area contributed by atoms with Crippen molar-refractivity contribution in [2.24, 2.45) is 0 Å². The average Bonchev–Trinajstić information content (AvgIpc) is 3.47. The molecule has 7 nitrogen and oxygen atoms in total. The molecule has 0 aliphatic heterocycles. The van der Waals surface area contributed by atoms with Crippen molar-refractivity contribution in [2.75, 3.05) is 17.1 Å². The molecule has 3 aromatic carbocycles. The quantitative estimate of drug-likeness (QED) is 0.262. The van der Waals surface area contributed by atoms with E-state index in [-0.39, 0.29) is 37.4 Å². The smallest absolute Gasteiger partial charge is 0.243 e. The SMILES string of the molecule is Cc1ccc(N(CCCC(=O)N(Cc2ccc(Cl)cc2)[C@@H](Cc2ccccc2)C(=O)NC2CCCC2)S(C)(=O)=O)cc1. The Bertz CT molecular complexity index is 1420. The second-order valence-electron chi connectivity index (χ2n) is 11.1. The van der Waals surface area contributed by atoms with Crippen molar-refractivity contribution in [1.29, 1.82) is 0 Å². The maximum absolute atomic E-state index is 14.0. The van der Waals surface area contributed by atoms with E-state index < -0.39 is 16.1 Å². The van der Waals surface area contributed by atoms with Crippen LogP contribution in [0.5, 0.6) is 0 Å². The van der Waals surface area contributed by atoms with Gasteiger partial charge in [0.25, 0.3) is 0 Å². The van der Waals surface area contributed by atoms with Gasteiger partial charge < -0.3 is 10.2 Å². The Morgan fingerprint density at radius 3 is 2.19 bits per heavy atom. The summed E-state index contributed by atoms with van der Waals surface area (Å²) in [6, 6.07) is 23.6. The van der Waals surface area contributed by atoms with Crippen molar-refractivity contribution in [3.05, 3.63) is 101 Å². The van der Waals surface area contributed by atoms with Crippen molar-refractivity contribution in [3.63, 3.8) is 0 Å². The molecule has 224 valence electrons. The first kappa shape index (κ1) is 31.6. The number of benzene rings is 3. The first-order valence-corrected chi connectivity index (χ1v) is 16.8. The Kier molecular flexibility index (Phi) is 11.0. The molecule has 0 saturated heterocycles. The number of amides is 2. The number of aryl methyl sites for hydroxylation is 1. The van der Waals surface area contributed by atoms with E-state index in [0.29, 0.717) is 23.6 Å². The number of sulfonamides is 1. The minimum atomic E-state index is -3.55. The van der Waals surface area contributed by atoms with Gasteiger partial charge in [0.05, 0.1) is 11.9 Å². The molecular weight excluding hydrogens is 570 g/mol. The summed E-state index contributed by atoms with van der Waals surface area (Å²) in [5.74, 6) is -0.365. The van der Waals surface area contributed by atoms with Crippen molar-refractivity contribution < 1.29 is 18.0 Å². The highest BCUT2D eigenvalue weighted by Crippen LogP contribution is 2.23. The van der Waals surface area contributed by atoms with Crippen LogP contribution >= 0.6 is 11.6 Å². The van der Waals surface area contributed by atoms with E-state index >= 15 is 0 Å². The van der Waals surface area contributed by atoms with Crippen molar-refractivity contribution in [3.8, 4) is 0 Å². The van der Waals surface area contributed by atoms with Gasteiger partial charge in [-0.25, -0.2) is 8.42 Å². The van der Waals surface area contributed by atoms with Crippen LogP contribution in [0, 0.1) is 6.92 Å². The van der Waals surface area contributed by atoms with Crippen LogP contribution in [0.15, 0.2) is 78.9 Å². The normalized spacial score (nSPS) is 14.4. The Morgan fingerprint density at radius 1 is 0.929 bits per heavy atom. The van der Waals surface area contributed by atoms with Crippen LogP contribution in [0.4, 0.5) is 5.69 Å². The molecule has 1 saturated carbocycles. The van der Waals surface area contributed by atoms with Crippen molar-refractivity contribution in [2.45, 2.75) is 70.5 Å². The highest BCUT2D eigenvalue weighted by Gasteiger charge is 2.32. The summed E-state index contributed by atoms with van der Waals surface area (Å²) in [5.41, 5.74) is 3.41. The summed E-state index contributed by atoms with van der Waals surface area (Å²) in [6.07, 6.45) is 5.98. The van der Waals surface area contributed by atoms with Crippen molar-refractivity contribution in [1.82, 2.24) is 10.2 Å². The molecule has 0 spiro atoms. The van der Waals surface area contributed by atoms with Crippen LogP contribution in [-0.2, 0) is 32.6 Å². The molecule has 0 bridgehead atoms. The second-order valence-corrected chi connectivity index (χ2v) is 13.5. The van der Waals surface area contributed by atoms with E-state index in [4.69, 9.17) is 11.6 Å². The largest absolute Gasteiger partial charge is 0.352 e.